The summed E-state index contributed by atoms with van der Waals surface area (Å²) < 4.78 is 1.80. The second kappa shape index (κ2) is 6.95. The zero-order valence-electron chi connectivity index (χ0n) is 14.5. The van der Waals surface area contributed by atoms with Gasteiger partial charge in [-0.3, -0.25) is 4.79 Å². The van der Waals surface area contributed by atoms with Gasteiger partial charge in [0.2, 0.25) is 11.9 Å². The maximum atomic E-state index is 12.1. The lowest BCUT2D eigenvalue weighted by atomic mass is 9.89. The van der Waals surface area contributed by atoms with Crippen LogP contribution in [0.2, 0.25) is 0 Å². The van der Waals surface area contributed by atoms with Crippen LogP contribution < -0.4 is 10.6 Å². The molecule has 0 spiro atoms. The molecule has 1 unspecified atom stereocenters. The van der Waals surface area contributed by atoms with Crippen LogP contribution in [0.3, 0.4) is 0 Å². The van der Waals surface area contributed by atoms with E-state index in [4.69, 9.17) is 0 Å². The molecule has 0 radical (unpaired) electrons. The highest BCUT2D eigenvalue weighted by Crippen LogP contribution is 2.36. The number of fused-ring (bicyclic) bond motifs is 1. The molecule has 26 heavy (non-hydrogen) atoms. The largest absolute Gasteiger partial charge is 0.350 e. The summed E-state index contributed by atoms with van der Waals surface area (Å²) in [6, 6.07) is 10.1. The average Bonchev–Trinajstić information content (AvgIpc) is 3.10. The molecule has 0 saturated carbocycles. The van der Waals surface area contributed by atoms with Crippen molar-refractivity contribution in [3.05, 3.63) is 65.6 Å². The molecule has 1 atom stereocenters. The normalized spacial score (nSPS) is 16.0. The summed E-state index contributed by atoms with van der Waals surface area (Å²) in [4.78, 5) is 20.9. The number of anilines is 2. The molecule has 1 aromatic carbocycles. The molecule has 7 nitrogen and oxygen atoms in total. The van der Waals surface area contributed by atoms with Crippen LogP contribution in [-0.4, -0.2) is 25.7 Å². The van der Waals surface area contributed by atoms with Gasteiger partial charge in [-0.2, -0.15) is 5.10 Å². The minimum atomic E-state index is -0.0674. The number of benzene rings is 1. The lowest BCUT2D eigenvalue weighted by molar-refractivity contribution is -0.116. The van der Waals surface area contributed by atoms with Crippen LogP contribution in [-0.2, 0) is 17.9 Å². The zero-order chi connectivity index (χ0) is 17.9. The lowest BCUT2D eigenvalue weighted by Crippen LogP contribution is -2.25. The molecule has 3 aromatic rings. The molecule has 0 aliphatic carbocycles. The summed E-state index contributed by atoms with van der Waals surface area (Å²) in [7, 11) is 0. The lowest BCUT2D eigenvalue weighted by Gasteiger charge is -2.23. The molecule has 1 aliphatic heterocycles. The molecular formula is C19H20N6O. The number of amides is 1. The SMILES string of the molecule is CCn1ncc2c1NC(=O)CC2c1cnc(NCc2ccccc2)nc1. The Morgan fingerprint density at radius 1 is 1.19 bits per heavy atom. The van der Waals surface area contributed by atoms with E-state index in [1.54, 1.807) is 17.1 Å². The van der Waals surface area contributed by atoms with Gasteiger partial charge in [-0.05, 0) is 18.1 Å². The van der Waals surface area contributed by atoms with E-state index in [0.717, 1.165) is 16.9 Å². The molecule has 2 N–H and O–H groups in total. The zero-order valence-corrected chi connectivity index (χ0v) is 14.5. The molecule has 0 fully saturated rings. The van der Waals surface area contributed by atoms with Crippen LogP contribution in [0.1, 0.15) is 36.0 Å². The van der Waals surface area contributed by atoms with E-state index in [9.17, 15) is 4.79 Å². The number of hydrogen-bond acceptors (Lipinski definition) is 5. The summed E-state index contributed by atoms with van der Waals surface area (Å²) in [5.74, 6) is 1.27. The van der Waals surface area contributed by atoms with Crippen LogP contribution >= 0.6 is 0 Å². The minimum absolute atomic E-state index is 0.0102. The fraction of sp³-hybridized carbons (Fsp3) is 0.263. The quantitative estimate of drug-likeness (QED) is 0.741. The van der Waals surface area contributed by atoms with Crippen molar-refractivity contribution in [1.29, 1.82) is 0 Å². The Bertz CT molecular complexity index is 904. The van der Waals surface area contributed by atoms with Crippen molar-refractivity contribution < 1.29 is 4.79 Å². The van der Waals surface area contributed by atoms with E-state index < -0.39 is 0 Å². The summed E-state index contributed by atoms with van der Waals surface area (Å²) in [5.41, 5.74) is 3.10. The number of carbonyl (C=O) groups excluding carboxylic acids is 1. The van der Waals surface area contributed by atoms with Crippen LogP contribution in [0.4, 0.5) is 11.8 Å². The second-order valence-corrected chi connectivity index (χ2v) is 6.25. The first-order valence-electron chi connectivity index (χ1n) is 8.70. The van der Waals surface area contributed by atoms with Gasteiger partial charge in [-0.1, -0.05) is 30.3 Å². The first-order chi connectivity index (χ1) is 12.7. The number of nitrogens with one attached hydrogen (secondary N) is 2. The van der Waals surface area contributed by atoms with Crippen molar-refractivity contribution in [1.82, 2.24) is 19.7 Å². The smallest absolute Gasteiger partial charge is 0.226 e. The Balaban J connectivity index is 1.52. The third kappa shape index (κ3) is 3.15. The number of rotatable bonds is 5. The molecule has 132 valence electrons. The predicted molar refractivity (Wildman–Crippen MR) is 98.8 cm³/mol. The average molecular weight is 348 g/mol. The molecule has 3 heterocycles. The van der Waals surface area contributed by atoms with E-state index in [1.165, 1.54) is 5.56 Å². The number of aromatic nitrogens is 4. The van der Waals surface area contributed by atoms with Gasteiger partial charge in [0.1, 0.15) is 5.82 Å². The van der Waals surface area contributed by atoms with E-state index in [1.807, 2.05) is 31.3 Å². The Hall–Kier alpha value is -3.22. The van der Waals surface area contributed by atoms with Crippen LogP contribution in [0.15, 0.2) is 48.9 Å². The molecule has 1 amide bonds. The van der Waals surface area contributed by atoms with Gasteiger partial charge < -0.3 is 10.6 Å². The Kier molecular flexibility index (Phi) is 4.35. The first-order valence-corrected chi connectivity index (χ1v) is 8.70. The van der Waals surface area contributed by atoms with Crippen molar-refractivity contribution in [2.24, 2.45) is 0 Å². The van der Waals surface area contributed by atoms with Gasteiger partial charge in [-0.15, -0.1) is 0 Å². The highest BCUT2D eigenvalue weighted by atomic mass is 16.1. The van der Waals surface area contributed by atoms with E-state index in [0.29, 0.717) is 25.5 Å². The van der Waals surface area contributed by atoms with E-state index >= 15 is 0 Å². The molecule has 2 aromatic heterocycles. The maximum Gasteiger partial charge on any atom is 0.226 e. The fourth-order valence-corrected chi connectivity index (χ4v) is 3.19. The van der Waals surface area contributed by atoms with Crippen molar-refractivity contribution >= 4 is 17.7 Å². The number of carbonyl (C=O) groups is 1. The van der Waals surface area contributed by atoms with Gasteiger partial charge in [0.25, 0.3) is 0 Å². The van der Waals surface area contributed by atoms with Crippen molar-refractivity contribution in [2.45, 2.75) is 32.4 Å². The van der Waals surface area contributed by atoms with Gasteiger partial charge >= 0.3 is 0 Å². The highest BCUT2D eigenvalue weighted by molar-refractivity contribution is 5.94. The van der Waals surface area contributed by atoms with Crippen LogP contribution in [0, 0.1) is 0 Å². The summed E-state index contributed by atoms with van der Waals surface area (Å²) >= 11 is 0. The molecule has 7 heteroatoms. The van der Waals surface area contributed by atoms with Gasteiger partial charge in [-0.25, -0.2) is 14.6 Å². The third-order valence-corrected chi connectivity index (χ3v) is 4.56. The maximum absolute atomic E-state index is 12.1. The minimum Gasteiger partial charge on any atom is -0.350 e. The van der Waals surface area contributed by atoms with Crippen LogP contribution in [0.5, 0.6) is 0 Å². The number of aryl methyl sites for hydroxylation is 1. The summed E-state index contributed by atoms with van der Waals surface area (Å²) in [6.45, 7) is 3.37. The molecular weight excluding hydrogens is 328 g/mol. The van der Waals surface area contributed by atoms with Crippen molar-refractivity contribution in [2.75, 3.05) is 10.6 Å². The predicted octanol–water partition coefficient (Wildman–Crippen LogP) is 2.78. The second-order valence-electron chi connectivity index (χ2n) is 6.25. The molecule has 4 rings (SSSR count). The van der Waals surface area contributed by atoms with Crippen molar-refractivity contribution in [3.8, 4) is 0 Å². The summed E-state index contributed by atoms with van der Waals surface area (Å²) in [5, 5.41) is 10.5. The highest BCUT2D eigenvalue weighted by Gasteiger charge is 2.30. The van der Waals surface area contributed by atoms with Gasteiger partial charge in [0, 0.05) is 43.4 Å². The van der Waals surface area contributed by atoms with Crippen molar-refractivity contribution in [3.63, 3.8) is 0 Å². The fourth-order valence-electron chi connectivity index (χ4n) is 3.19. The Labute approximate surface area is 151 Å². The monoisotopic (exact) mass is 348 g/mol. The third-order valence-electron chi connectivity index (χ3n) is 4.56. The number of hydrogen-bond donors (Lipinski definition) is 2. The molecule has 1 aliphatic rings. The van der Waals surface area contributed by atoms with Gasteiger partial charge in [0.05, 0.1) is 6.20 Å². The Morgan fingerprint density at radius 3 is 2.69 bits per heavy atom. The standard InChI is InChI=1S/C19H20N6O/c1-2-25-18-16(12-23-25)15(8-17(26)24-18)14-10-21-19(22-11-14)20-9-13-6-4-3-5-7-13/h3-7,10-12,15H,2,8-9H2,1H3,(H,24,26)(H,20,21,22). The van der Waals surface area contributed by atoms with Crippen LogP contribution in [0.25, 0.3) is 0 Å². The number of nitrogens with zero attached hydrogens (tertiary/aromatic N) is 4. The molecule has 0 bridgehead atoms. The van der Waals surface area contributed by atoms with Gasteiger partial charge in [0.15, 0.2) is 0 Å². The summed E-state index contributed by atoms with van der Waals surface area (Å²) in [6.07, 6.45) is 5.78. The molecule has 0 saturated heterocycles. The van der Waals surface area contributed by atoms with E-state index in [2.05, 4.69) is 37.8 Å². The van der Waals surface area contributed by atoms with E-state index in [-0.39, 0.29) is 11.8 Å². The first kappa shape index (κ1) is 16.3. The Morgan fingerprint density at radius 2 is 1.96 bits per heavy atom. The topological polar surface area (TPSA) is 84.7 Å².